The van der Waals surface area contributed by atoms with Gasteiger partial charge in [0.2, 0.25) is 5.88 Å². The van der Waals surface area contributed by atoms with Gasteiger partial charge in [0.1, 0.15) is 5.82 Å². The van der Waals surface area contributed by atoms with Crippen molar-refractivity contribution < 1.29 is 9.84 Å². The van der Waals surface area contributed by atoms with Crippen LogP contribution in [0.4, 0.5) is 5.82 Å². The molecule has 1 saturated heterocycles. The number of ether oxygens (including phenoxy) is 1. The lowest BCUT2D eigenvalue weighted by Crippen LogP contribution is -2.44. The normalized spacial score (nSPS) is 16.1. The highest BCUT2D eigenvalue weighted by Crippen LogP contribution is 2.33. The molecule has 1 aromatic carbocycles. The Morgan fingerprint density at radius 3 is 2.58 bits per heavy atom. The summed E-state index contributed by atoms with van der Waals surface area (Å²) in [7, 11) is 0. The number of morpholine rings is 1. The molecule has 36 heavy (non-hydrogen) atoms. The van der Waals surface area contributed by atoms with Crippen LogP contribution in [-0.2, 0) is 11.3 Å². The molecule has 1 atom stereocenters. The fourth-order valence-corrected chi connectivity index (χ4v) is 4.63. The minimum atomic E-state index is -0.0762. The van der Waals surface area contributed by atoms with E-state index in [0.717, 1.165) is 28.3 Å². The van der Waals surface area contributed by atoms with Crippen LogP contribution in [0.25, 0.3) is 39.6 Å². The Balaban J connectivity index is 1.57. The van der Waals surface area contributed by atoms with E-state index in [1.807, 2.05) is 42.5 Å². The molecule has 0 amide bonds. The number of anilines is 1. The van der Waals surface area contributed by atoms with Crippen LogP contribution in [0.3, 0.4) is 0 Å². The fraction of sp³-hybridized carbons (Fsp3) is 0.269. The van der Waals surface area contributed by atoms with Gasteiger partial charge in [0.05, 0.1) is 24.8 Å². The van der Waals surface area contributed by atoms with Crippen molar-refractivity contribution in [2.75, 3.05) is 24.7 Å². The highest BCUT2D eigenvalue weighted by Gasteiger charge is 2.27. The molecular formula is C26H26N8O2. The Bertz CT molecular complexity index is 1510. The number of aryl methyl sites for hydroxylation is 1. The van der Waals surface area contributed by atoms with Gasteiger partial charge in [-0.3, -0.25) is 4.98 Å². The van der Waals surface area contributed by atoms with Crippen LogP contribution in [-0.4, -0.2) is 65.2 Å². The monoisotopic (exact) mass is 482 g/mol. The predicted octanol–water partition coefficient (Wildman–Crippen LogP) is 3.69. The van der Waals surface area contributed by atoms with Crippen LogP contribution in [0.2, 0.25) is 0 Å². The second kappa shape index (κ2) is 9.04. The highest BCUT2D eigenvalue weighted by atomic mass is 16.5. The maximum atomic E-state index is 10.6. The van der Waals surface area contributed by atoms with E-state index in [1.54, 1.807) is 18.6 Å². The Morgan fingerprint density at radius 2 is 1.83 bits per heavy atom. The molecule has 0 saturated carbocycles. The van der Waals surface area contributed by atoms with Crippen molar-refractivity contribution in [1.82, 2.24) is 34.3 Å². The Morgan fingerprint density at radius 1 is 1.03 bits per heavy atom. The molecule has 10 nitrogen and oxygen atoms in total. The molecule has 1 unspecified atom stereocenters. The number of nitrogens with zero attached hydrogens (tertiary/aromatic N) is 8. The first-order chi connectivity index (χ1) is 17.6. The van der Waals surface area contributed by atoms with Crippen LogP contribution >= 0.6 is 0 Å². The number of hydrogen-bond donors (Lipinski definition) is 1. The lowest BCUT2D eigenvalue weighted by Gasteiger charge is -2.34. The van der Waals surface area contributed by atoms with Crippen LogP contribution in [0, 0.1) is 0 Å². The maximum Gasteiger partial charge on any atom is 0.254 e. The first kappa shape index (κ1) is 22.2. The van der Waals surface area contributed by atoms with Gasteiger partial charge in [-0.2, -0.15) is 9.97 Å². The molecule has 1 fully saturated rings. The van der Waals surface area contributed by atoms with Gasteiger partial charge in [-0.05, 0) is 31.5 Å². The molecule has 0 aliphatic carbocycles. The second-order valence-corrected chi connectivity index (χ2v) is 8.73. The van der Waals surface area contributed by atoms with Crippen molar-refractivity contribution in [3.63, 3.8) is 0 Å². The van der Waals surface area contributed by atoms with Crippen LogP contribution < -0.4 is 4.90 Å². The molecule has 10 heteroatoms. The third-order valence-electron chi connectivity index (χ3n) is 6.44. The summed E-state index contributed by atoms with van der Waals surface area (Å²) < 4.78 is 9.29. The lowest BCUT2D eigenvalue weighted by molar-refractivity contribution is 0.0986. The number of aromatic nitrogens is 7. The van der Waals surface area contributed by atoms with Crippen molar-refractivity contribution in [3.05, 3.63) is 61.1 Å². The number of imidazole rings is 1. The quantitative estimate of drug-likeness (QED) is 0.404. The van der Waals surface area contributed by atoms with Gasteiger partial charge in [0, 0.05) is 37.2 Å². The number of aromatic hydroxyl groups is 1. The van der Waals surface area contributed by atoms with Crippen LogP contribution in [0.5, 0.6) is 5.88 Å². The molecular weight excluding hydrogens is 456 g/mol. The summed E-state index contributed by atoms with van der Waals surface area (Å²) in [5.41, 5.74) is 3.86. The summed E-state index contributed by atoms with van der Waals surface area (Å²) in [5.74, 6) is 1.82. The number of benzene rings is 1. The van der Waals surface area contributed by atoms with E-state index in [0.29, 0.717) is 43.5 Å². The molecule has 0 spiro atoms. The average Bonchev–Trinajstić information content (AvgIpc) is 3.50. The minimum Gasteiger partial charge on any atom is -0.492 e. The van der Waals surface area contributed by atoms with E-state index >= 15 is 0 Å². The largest absolute Gasteiger partial charge is 0.492 e. The summed E-state index contributed by atoms with van der Waals surface area (Å²) in [5, 5.41) is 15.0. The Labute approximate surface area is 207 Å². The predicted molar refractivity (Wildman–Crippen MR) is 136 cm³/mol. The smallest absolute Gasteiger partial charge is 0.254 e. The van der Waals surface area contributed by atoms with E-state index in [9.17, 15) is 5.11 Å². The topological polar surface area (TPSA) is 107 Å². The van der Waals surface area contributed by atoms with Crippen molar-refractivity contribution >= 4 is 17.0 Å². The molecule has 4 aromatic heterocycles. The zero-order valence-corrected chi connectivity index (χ0v) is 20.1. The second-order valence-electron chi connectivity index (χ2n) is 8.73. The maximum absolute atomic E-state index is 10.6. The van der Waals surface area contributed by atoms with Gasteiger partial charge in [-0.15, -0.1) is 5.10 Å². The molecule has 0 bridgehead atoms. The number of fused-ring (bicyclic) bond motifs is 1. The van der Waals surface area contributed by atoms with Gasteiger partial charge in [-0.25, -0.2) is 9.67 Å². The van der Waals surface area contributed by atoms with Gasteiger partial charge >= 0.3 is 0 Å². The molecule has 5 aromatic rings. The molecule has 1 aliphatic rings. The molecule has 1 N–H and O–H groups in total. The Hall–Kier alpha value is -4.31. The van der Waals surface area contributed by atoms with Gasteiger partial charge < -0.3 is 19.3 Å². The molecule has 5 heterocycles. The summed E-state index contributed by atoms with van der Waals surface area (Å²) in [4.78, 5) is 21.2. The van der Waals surface area contributed by atoms with E-state index in [-0.39, 0.29) is 11.9 Å². The number of hydrogen-bond acceptors (Lipinski definition) is 8. The summed E-state index contributed by atoms with van der Waals surface area (Å²) >= 11 is 0. The lowest BCUT2D eigenvalue weighted by atomic mass is 10.1. The van der Waals surface area contributed by atoms with Gasteiger partial charge in [0.15, 0.2) is 17.0 Å². The zero-order valence-electron chi connectivity index (χ0n) is 20.1. The van der Waals surface area contributed by atoms with Crippen LogP contribution in [0.1, 0.15) is 13.8 Å². The standard InChI is InChI=1S/C26H26N8O2/c1-3-32-22(19-9-11-27-12-10-19)28-21-23(32)29-26(30-24(21)33-13-14-36-16-17(33)2)34-15-20(25(35)31-34)18-7-5-4-6-8-18/h4-12,15,17H,3,13-14,16H2,1-2H3,(H,31,35). The highest BCUT2D eigenvalue weighted by molar-refractivity contribution is 5.88. The van der Waals surface area contributed by atoms with Crippen molar-refractivity contribution in [3.8, 4) is 34.3 Å². The molecule has 182 valence electrons. The van der Waals surface area contributed by atoms with E-state index in [4.69, 9.17) is 19.7 Å². The first-order valence-electron chi connectivity index (χ1n) is 12.0. The third kappa shape index (κ3) is 3.75. The number of rotatable bonds is 5. The molecule has 6 rings (SSSR count). The molecule has 0 radical (unpaired) electrons. The van der Waals surface area contributed by atoms with E-state index in [1.165, 1.54) is 4.68 Å². The average molecular weight is 483 g/mol. The van der Waals surface area contributed by atoms with Crippen molar-refractivity contribution in [2.45, 2.75) is 26.4 Å². The number of pyridine rings is 1. The van der Waals surface area contributed by atoms with Crippen LogP contribution in [0.15, 0.2) is 61.1 Å². The Kier molecular flexibility index (Phi) is 5.57. The third-order valence-corrected chi connectivity index (χ3v) is 6.44. The molecule has 1 aliphatic heterocycles. The van der Waals surface area contributed by atoms with Gasteiger partial charge in [0.25, 0.3) is 5.95 Å². The minimum absolute atomic E-state index is 0.0762. The zero-order chi connectivity index (χ0) is 24.6. The first-order valence-corrected chi connectivity index (χ1v) is 12.0. The SMILES string of the molecule is CCn1c(-c2ccncc2)nc2c(N3CCOCC3C)nc(-n3cc(-c4ccccc4)c(O)n3)nc21. The van der Waals surface area contributed by atoms with Crippen molar-refractivity contribution in [1.29, 1.82) is 0 Å². The summed E-state index contributed by atoms with van der Waals surface area (Å²) in [6.07, 6.45) is 5.28. The van der Waals surface area contributed by atoms with E-state index in [2.05, 4.69) is 33.4 Å². The van der Waals surface area contributed by atoms with E-state index < -0.39 is 0 Å². The fourth-order valence-electron chi connectivity index (χ4n) is 4.63. The van der Waals surface area contributed by atoms with Gasteiger partial charge in [-0.1, -0.05) is 30.3 Å². The summed E-state index contributed by atoms with van der Waals surface area (Å²) in [6, 6.07) is 13.6. The van der Waals surface area contributed by atoms with Crippen molar-refractivity contribution in [2.24, 2.45) is 0 Å². The summed E-state index contributed by atoms with van der Waals surface area (Å²) in [6.45, 7) is 6.75.